The third kappa shape index (κ3) is 3.65. The molecule has 0 aliphatic carbocycles. The molecule has 1 heteroatoms. The lowest BCUT2D eigenvalue weighted by molar-refractivity contribution is 0.588. The second-order valence-corrected chi connectivity index (χ2v) is 3.82. The lowest BCUT2D eigenvalue weighted by Gasteiger charge is -2.11. The molecule has 0 aliphatic rings. The first-order valence-electron chi connectivity index (χ1n) is 5.85. The minimum atomic E-state index is -0.0350. The van der Waals surface area contributed by atoms with Gasteiger partial charge in [-0.25, -0.2) is 4.39 Å². The van der Waals surface area contributed by atoms with Crippen LogP contribution in [0.4, 0.5) is 4.39 Å². The molecule has 0 N–H and O–H groups in total. The average Bonchev–Trinajstić information content (AvgIpc) is 2.24. The smallest absolute Gasteiger partial charge is 0.129 e. The Hall–Kier alpha value is -0.850. The highest BCUT2D eigenvalue weighted by Crippen LogP contribution is 2.23. The van der Waals surface area contributed by atoms with E-state index in [1.165, 1.54) is 5.56 Å². The van der Waals surface area contributed by atoms with Crippen molar-refractivity contribution >= 4 is 0 Å². The van der Waals surface area contributed by atoms with Crippen LogP contribution in [0, 0.1) is 12.7 Å². The van der Waals surface area contributed by atoms with Crippen molar-refractivity contribution in [3.05, 3.63) is 34.6 Å². The van der Waals surface area contributed by atoms with Gasteiger partial charge in [0.25, 0.3) is 0 Å². The molecule has 1 rings (SSSR count). The van der Waals surface area contributed by atoms with E-state index < -0.39 is 0 Å². The molecule has 0 amide bonds. The summed E-state index contributed by atoms with van der Waals surface area (Å²) in [5.41, 5.74) is 2.84. The van der Waals surface area contributed by atoms with Crippen molar-refractivity contribution in [2.24, 2.45) is 0 Å². The molecule has 0 fully saturated rings. The first kappa shape index (κ1) is 14.2. The highest BCUT2D eigenvalue weighted by molar-refractivity contribution is 5.33. The Morgan fingerprint density at radius 2 is 1.73 bits per heavy atom. The summed E-state index contributed by atoms with van der Waals surface area (Å²) < 4.78 is 13.6. The Morgan fingerprint density at radius 3 is 2.13 bits per heavy atom. The molecule has 0 aliphatic heterocycles. The van der Waals surface area contributed by atoms with Crippen LogP contribution in [0.15, 0.2) is 12.1 Å². The topological polar surface area (TPSA) is 0 Å². The van der Waals surface area contributed by atoms with Crippen LogP contribution in [0.2, 0.25) is 0 Å². The van der Waals surface area contributed by atoms with Crippen molar-refractivity contribution in [2.45, 2.75) is 53.9 Å². The van der Waals surface area contributed by atoms with Crippen LogP contribution < -0.4 is 0 Å². The Balaban J connectivity index is 0.000000921. The van der Waals surface area contributed by atoms with E-state index >= 15 is 0 Å². The van der Waals surface area contributed by atoms with Gasteiger partial charge in [-0.15, -0.1) is 0 Å². The maximum absolute atomic E-state index is 13.6. The maximum Gasteiger partial charge on any atom is 0.129 e. The van der Waals surface area contributed by atoms with E-state index in [1.807, 2.05) is 46.8 Å². The van der Waals surface area contributed by atoms with Crippen LogP contribution in [0.25, 0.3) is 0 Å². The highest BCUT2D eigenvalue weighted by Gasteiger charge is 2.09. The molecule has 15 heavy (non-hydrogen) atoms. The van der Waals surface area contributed by atoms with E-state index in [2.05, 4.69) is 6.92 Å². The molecule has 0 nitrogen and oxygen atoms in total. The number of halogens is 1. The highest BCUT2D eigenvalue weighted by atomic mass is 19.1. The standard InChI is InChI=1S/C12H17F.C2H6/c1-5-10-6-9(4)12(13)11(7-10)8(2)3;1-2/h6-8H,5H2,1-4H3;1-2H3. The summed E-state index contributed by atoms with van der Waals surface area (Å²) in [5, 5.41) is 0. The summed E-state index contributed by atoms with van der Waals surface area (Å²) in [6.45, 7) is 12.0. The van der Waals surface area contributed by atoms with Gasteiger partial charge in [-0.1, -0.05) is 46.8 Å². The third-order valence-electron chi connectivity index (χ3n) is 2.37. The summed E-state index contributed by atoms with van der Waals surface area (Å²) in [6.07, 6.45) is 0.973. The first-order chi connectivity index (χ1) is 7.06. The Morgan fingerprint density at radius 1 is 1.20 bits per heavy atom. The van der Waals surface area contributed by atoms with Gasteiger partial charge in [0.15, 0.2) is 0 Å². The molecular formula is C14H23F. The predicted octanol–water partition coefficient (Wildman–Crippen LogP) is 4.85. The number of hydrogen-bond acceptors (Lipinski definition) is 0. The van der Waals surface area contributed by atoms with E-state index in [-0.39, 0.29) is 11.7 Å². The third-order valence-corrected chi connectivity index (χ3v) is 2.37. The van der Waals surface area contributed by atoms with Crippen molar-refractivity contribution in [1.82, 2.24) is 0 Å². The van der Waals surface area contributed by atoms with Gasteiger partial charge in [0.05, 0.1) is 0 Å². The second kappa shape index (κ2) is 6.60. The lowest BCUT2D eigenvalue weighted by Crippen LogP contribution is -1.98. The van der Waals surface area contributed by atoms with Crippen molar-refractivity contribution in [3.63, 3.8) is 0 Å². The van der Waals surface area contributed by atoms with Crippen LogP contribution >= 0.6 is 0 Å². The van der Waals surface area contributed by atoms with E-state index in [4.69, 9.17) is 0 Å². The Labute approximate surface area is 93.5 Å². The quantitative estimate of drug-likeness (QED) is 0.654. The first-order valence-corrected chi connectivity index (χ1v) is 5.85. The largest absolute Gasteiger partial charge is 0.206 e. The van der Waals surface area contributed by atoms with Crippen molar-refractivity contribution in [2.75, 3.05) is 0 Å². The molecule has 0 bridgehead atoms. The van der Waals surface area contributed by atoms with Gasteiger partial charge >= 0.3 is 0 Å². The molecule has 0 aromatic heterocycles. The monoisotopic (exact) mass is 210 g/mol. The van der Waals surface area contributed by atoms with Crippen LogP contribution in [-0.2, 0) is 6.42 Å². The molecule has 0 heterocycles. The van der Waals surface area contributed by atoms with Gasteiger partial charge in [-0.2, -0.15) is 0 Å². The van der Waals surface area contributed by atoms with Crippen LogP contribution in [0.1, 0.15) is 57.2 Å². The Kier molecular flexibility index (Phi) is 6.23. The van der Waals surface area contributed by atoms with Crippen molar-refractivity contribution < 1.29 is 4.39 Å². The molecule has 86 valence electrons. The molecule has 0 unspecified atom stereocenters. The second-order valence-electron chi connectivity index (χ2n) is 3.82. The molecule has 1 aromatic rings. The number of benzene rings is 1. The van der Waals surface area contributed by atoms with Crippen LogP contribution in [0.3, 0.4) is 0 Å². The summed E-state index contributed by atoms with van der Waals surface area (Å²) in [6, 6.07) is 3.91. The molecule has 0 spiro atoms. The Bertz CT molecular complexity index is 300. The fourth-order valence-corrected chi connectivity index (χ4v) is 1.50. The predicted molar refractivity (Wildman–Crippen MR) is 66.0 cm³/mol. The molecule has 0 radical (unpaired) electrons. The van der Waals surface area contributed by atoms with Gasteiger partial charge < -0.3 is 0 Å². The lowest BCUT2D eigenvalue weighted by atomic mass is 9.96. The van der Waals surface area contributed by atoms with E-state index in [0.717, 1.165) is 17.5 Å². The van der Waals surface area contributed by atoms with Crippen LogP contribution in [-0.4, -0.2) is 0 Å². The zero-order valence-corrected chi connectivity index (χ0v) is 10.8. The minimum Gasteiger partial charge on any atom is -0.206 e. The number of rotatable bonds is 2. The van der Waals surface area contributed by atoms with Gasteiger partial charge in [0.1, 0.15) is 5.82 Å². The minimum absolute atomic E-state index is 0.0350. The molecule has 1 aromatic carbocycles. The van der Waals surface area contributed by atoms with E-state index in [1.54, 1.807) is 0 Å². The van der Waals surface area contributed by atoms with Crippen molar-refractivity contribution in [1.29, 1.82) is 0 Å². The summed E-state index contributed by atoms with van der Waals surface area (Å²) in [4.78, 5) is 0. The summed E-state index contributed by atoms with van der Waals surface area (Å²) in [7, 11) is 0. The van der Waals surface area contributed by atoms with E-state index in [0.29, 0.717) is 0 Å². The summed E-state index contributed by atoms with van der Waals surface area (Å²) in [5.74, 6) is 0.234. The number of aryl methyl sites for hydroxylation is 2. The molecule has 0 saturated carbocycles. The van der Waals surface area contributed by atoms with Gasteiger partial charge in [-0.3, -0.25) is 0 Å². The fraction of sp³-hybridized carbons (Fsp3) is 0.571. The normalized spacial score (nSPS) is 9.87. The average molecular weight is 210 g/mol. The molecule has 0 saturated heterocycles. The summed E-state index contributed by atoms with van der Waals surface area (Å²) >= 11 is 0. The molecular weight excluding hydrogens is 187 g/mol. The maximum atomic E-state index is 13.6. The van der Waals surface area contributed by atoms with Gasteiger partial charge in [-0.05, 0) is 36.0 Å². The van der Waals surface area contributed by atoms with Gasteiger partial charge in [0.2, 0.25) is 0 Å². The molecule has 0 atom stereocenters. The van der Waals surface area contributed by atoms with Crippen molar-refractivity contribution in [3.8, 4) is 0 Å². The zero-order valence-electron chi connectivity index (χ0n) is 10.8. The SMILES string of the molecule is CC.CCc1cc(C)c(F)c(C(C)C)c1. The zero-order chi connectivity index (χ0) is 12.0. The van der Waals surface area contributed by atoms with E-state index in [9.17, 15) is 4.39 Å². The van der Waals surface area contributed by atoms with Crippen LogP contribution in [0.5, 0.6) is 0 Å². The number of hydrogen-bond donors (Lipinski definition) is 0. The fourth-order valence-electron chi connectivity index (χ4n) is 1.50. The van der Waals surface area contributed by atoms with Gasteiger partial charge in [0, 0.05) is 0 Å².